The normalized spacial score (nSPS) is 12.2. The van der Waals surface area contributed by atoms with Crippen molar-refractivity contribution in [3.63, 3.8) is 0 Å². The molecule has 0 aliphatic rings. The van der Waals surface area contributed by atoms with E-state index in [0.29, 0.717) is 30.2 Å². The molecule has 2 heterocycles. The minimum absolute atomic E-state index is 0.0118. The number of fused-ring (bicyclic) bond motifs is 1. The van der Waals surface area contributed by atoms with Crippen LogP contribution < -0.4 is 10.3 Å². The van der Waals surface area contributed by atoms with Gasteiger partial charge in [-0.05, 0) is 80.1 Å². The van der Waals surface area contributed by atoms with Gasteiger partial charge < -0.3 is 9.64 Å². The van der Waals surface area contributed by atoms with Gasteiger partial charge in [0.2, 0.25) is 5.91 Å². The SMILES string of the molecule is CC.CCOc1ccc(-n2c(C(C)N(CCS(=O)(=O)c3ccccc3)C(=O)Cc3ccc(F)c(C(F)(F)F)c3)nc3ncccc3c2=O)cc1. The van der Waals surface area contributed by atoms with Crippen LogP contribution in [-0.2, 0) is 27.2 Å². The van der Waals surface area contributed by atoms with Crippen molar-refractivity contribution in [3.05, 3.63) is 124 Å². The van der Waals surface area contributed by atoms with Crippen LogP contribution in [0, 0.1) is 5.82 Å². The number of ether oxygens (including phenoxy) is 1. The molecular weight excluding hydrogens is 676 g/mol. The van der Waals surface area contributed by atoms with E-state index in [1.807, 2.05) is 20.8 Å². The average molecular weight is 713 g/mol. The number of halogens is 4. The van der Waals surface area contributed by atoms with Crippen LogP contribution in [0.25, 0.3) is 16.7 Å². The Morgan fingerprint density at radius 2 is 1.66 bits per heavy atom. The maximum absolute atomic E-state index is 14.0. The molecule has 9 nitrogen and oxygen atoms in total. The van der Waals surface area contributed by atoms with E-state index in [2.05, 4.69) is 9.97 Å². The topological polar surface area (TPSA) is 111 Å². The van der Waals surface area contributed by atoms with Gasteiger partial charge in [0.15, 0.2) is 15.5 Å². The summed E-state index contributed by atoms with van der Waals surface area (Å²) < 4.78 is 87.8. The lowest BCUT2D eigenvalue weighted by molar-refractivity contribution is -0.140. The van der Waals surface area contributed by atoms with E-state index >= 15 is 0 Å². The van der Waals surface area contributed by atoms with Crippen molar-refractivity contribution in [2.45, 2.75) is 51.2 Å². The predicted molar refractivity (Wildman–Crippen MR) is 181 cm³/mol. The number of alkyl halides is 3. The summed E-state index contributed by atoms with van der Waals surface area (Å²) in [7, 11) is -3.93. The fourth-order valence-corrected chi connectivity index (χ4v) is 6.48. The van der Waals surface area contributed by atoms with E-state index in [1.165, 1.54) is 29.8 Å². The number of pyridine rings is 1. The standard InChI is InChI=1S/C34H30F4N4O5S.C2H6/c1-3-47-25-14-12-24(13-15-25)42-32(40-31-27(33(42)44)10-7-17-39-31)22(2)41(18-19-48(45,46)26-8-5-4-6-9-26)30(43)21-23-11-16-29(35)28(20-23)34(36,37)38;1-2/h4-17,20,22H,3,18-19,21H2,1-2H3;1-2H3. The van der Waals surface area contributed by atoms with E-state index in [-0.39, 0.29) is 27.3 Å². The van der Waals surface area contributed by atoms with E-state index in [4.69, 9.17) is 4.74 Å². The number of hydrogen-bond donors (Lipinski definition) is 0. The molecule has 0 radical (unpaired) electrons. The van der Waals surface area contributed by atoms with Crippen LogP contribution in [0.4, 0.5) is 17.6 Å². The fourth-order valence-electron chi connectivity index (χ4n) is 5.24. The van der Waals surface area contributed by atoms with E-state index < -0.39 is 63.6 Å². The molecule has 0 saturated carbocycles. The number of amides is 1. The van der Waals surface area contributed by atoms with Crippen molar-refractivity contribution in [2.75, 3.05) is 18.9 Å². The molecule has 0 saturated heterocycles. The number of carbonyl (C=O) groups excluding carboxylic acids is 1. The Balaban J connectivity index is 0.00000276. The van der Waals surface area contributed by atoms with Crippen LogP contribution in [-0.4, -0.2) is 52.7 Å². The molecule has 5 aromatic rings. The molecule has 264 valence electrons. The maximum atomic E-state index is 14.0. The Kier molecular flexibility index (Phi) is 12.1. The second-order valence-corrected chi connectivity index (χ2v) is 12.9. The molecule has 5 rings (SSSR count). The van der Waals surface area contributed by atoms with Crippen molar-refractivity contribution >= 4 is 26.8 Å². The first-order valence-corrected chi connectivity index (χ1v) is 17.5. The van der Waals surface area contributed by atoms with Crippen LogP contribution in [0.3, 0.4) is 0 Å². The summed E-state index contributed by atoms with van der Waals surface area (Å²) in [6.45, 7) is 7.34. The Bertz CT molecular complexity index is 2110. The van der Waals surface area contributed by atoms with Gasteiger partial charge in [-0.25, -0.2) is 22.8 Å². The van der Waals surface area contributed by atoms with E-state index in [9.17, 15) is 35.6 Å². The highest BCUT2D eigenvalue weighted by atomic mass is 32.2. The Hall–Kier alpha value is -5.11. The highest BCUT2D eigenvalue weighted by molar-refractivity contribution is 7.91. The van der Waals surface area contributed by atoms with Crippen LogP contribution in [0.15, 0.2) is 101 Å². The largest absolute Gasteiger partial charge is 0.494 e. The lowest BCUT2D eigenvalue weighted by atomic mass is 10.1. The summed E-state index contributed by atoms with van der Waals surface area (Å²) in [6.07, 6.45) is -4.19. The van der Waals surface area contributed by atoms with Crippen molar-refractivity contribution in [1.82, 2.24) is 19.4 Å². The number of aromatic nitrogens is 3. The zero-order chi connectivity index (χ0) is 36.6. The van der Waals surface area contributed by atoms with Gasteiger partial charge >= 0.3 is 6.18 Å². The van der Waals surface area contributed by atoms with Gasteiger partial charge in [-0.1, -0.05) is 38.1 Å². The molecule has 50 heavy (non-hydrogen) atoms. The van der Waals surface area contributed by atoms with Crippen LogP contribution in [0.1, 0.15) is 50.7 Å². The molecule has 14 heteroatoms. The third kappa shape index (κ3) is 8.54. The van der Waals surface area contributed by atoms with Gasteiger partial charge in [0.1, 0.15) is 17.4 Å². The van der Waals surface area contributed by atoms with E-state index in [1.54, 1.807) is 54.6 Å². The molecule has 0 aliphatic heterocycles. The Labute approximate surface area is 287 Å². The smallest absolute Gasteiger partial charge is 0.419 e. The van der Waals surface area contributed by atoms with Gasteiger partial charge in [-0.3, -0.25) is 14.2 Å². The van der Waals surface area contributed by atoms with Crippen LogP contribution >= 0.6 is 0 Å². The first kappa shape index (κ1) is 37.7. The van der Waals surface area contributed by atoms with Crippen molar-refractivity contribution < 1.29 is 35.5 Å². The minimum atomic E-state index is -5.00. The average Bonchev–Trinajstić information content (AvgIpc) is 3.10. The molecule has 2 aromatic heterocycles. The second kappa shape index (κ2) is 16.1. The monoisotopic (exact) mass is 712 g/mol. The lowest BCUT2D eigenvalue weighted by Crippen LogP contribution is -2.41. The first-order valence-electron chi connectivity index (χ1n) is 15.8. The van der Waals surface area contributed by atoms with Crippen molar-refractivity contribution in [2.24, 2.45) is 0 Å². The fraction of sp³-hybridized carbons (Fsp3) is 0.278. The summed E-state index contributed by atoms with van der Waals surface area (Å²) in [5, 5.41) is 0.179. The van der Waals surface area contributed by atoms with E-state index in [0.717, 1.165) is 11.0 Å². The summed E-state index contributed by atoms with van der Waals surface area (Å²) in [5.74, 6) is -2.26. The Morgan fingerprint density at radius 3 is 2.30 bits per heavy atom. The molecule has 3 aromatic carbocycles. The van der Waals surface area contributed by atoms with Gasteiger partial charge in [-0.15, -0.1) is 0 Å². The third-order valence-electron chi connectivity index (χ3n) is 7.63. The first-order chi connectivity index (χ1) is 23.8. The predicted octanol–water partition coefficient (Wildman–Crippen LogP) is 6.97. The van der Waals surface area contributed by atoms with Gasteiger partial charge in [0, 0.05) is 12.7 Å². The number of nitrogens with zero attached hydrogens (tertiary/aromatic N) is 4. The molecule has 0 fully saturated rings. The highest BCUT2D eigenvalue weighted by Gasteiger charge is 2.35. The molecule has 0 N–H and O–H groups in total. The molecule has 1 amide bonds. The van der Waals surface area contributed by atoms with Gasteiger partial charge in [-0.2, -0.15) is 13.2 Å². The Morgan fingerprint density at radius 1 is 0.980 bits per heavy atom. The molecule has 0 bridgehead atoms. The molecule has 0 aliphatic carbocycles. The highest BCUT2D eigenvalue weighted by Crippen LogP contribution is 2.32. The van der Waals surface area contributed by atoms with Crippen LogP contribution in [0.5, 0.6) is 5.75 Å². The molecule has 0 spiro atoms. The summed E-state index contributed by atoms with van der Waals surface area (Å²) in [5.41, 5.74) is -1.76. The number of carbonyl (C=O) groups is 1. The molecule has 1 atom stereocenters. The lowest BCUT2D eigenvalue weighted by Gasteiger charge is -2.30. The second-order valence-electron chi connectivity index (χ2n) is 10.8. The van der Waals surface area contributed by atoms with Gasteiger partial charge in [0.05, 0.1) is 46.4 Å². The quantitative estimate of drug-likeness (QED) is 0.136. The number of hydrogen-bond acceptors (Lipinski definition) is 7. The molecular formula is C36H36F4N4O5S. The van der Waals surface area contributed by atoms with Crippen molar-refractivity contribution in [1.29, 1.82) is 0 Å². The zero-order valence-corrected chi connectivity index (χ0v) is 28.6. The van der Waals surface area contributed by atoms with Crippen molar-refractivity contribution in [3.8, 4) is 11.4 Å². The number of benzene rings is 3. The number of rotatable bonds is 11. The summed E-state index contributed by atoms with van der Waals surface area (Å²) >= 11 is 0. The third-order valence-corrected chi connectivity index (χ3v) is 9.34. The maximum Gasteiger partial charge on any atom is 0.419 e. The number of sulfone groups is 1. The van der Waals surface area contributed by atoms with Crippen LogP contribution in [0.2, 0.25) is 0 Å². The molecule has 1 unspecified atom stereocenters. The zero-order valence-electron chi connectivity index (χ0n) is 27.8. The minimum Gasteiger partial charge on any atom is -0.494 e. The van der Waals surface area contributed by atoms with Gasteiger partial charge in [0.25, 0.3) is 5.56 Å². The summed E-state index contributed by atoms with van der Waals surface area (Å²) in [6, 6.07) is 18.3. The summed E-state index contributed by atoms with van der Waals surface area (Å²) in [4.78, 5) is 37.9.